The van der Waals surface area contributed by atoms with Crippen molar-refractivity contribution in [3.05, 3.63) is 0 Å². The Hall–Kier alpha value is -0.810. The molecule has 1 aliphatic rings. The Morgan fingerprint density at radius 3 is 2.76 bits per heavy atom. The Morgan fingerprint density at radius 1 is 1.41 bits per heavy atom. The Labute approximate surface area is 104 Å². The maximum absolute atomic E-state index is 8.36. The van der Waals surface area contributed by atoms with Gasteiger partial charge < -0.3 is 21.2 Å². The number of hydrogen-bond acceptors (Lipinski definition) is 4. The predicted molar refractivity (Wildman–Crippen MR) is 70.4 cm³/mol. The van der Waals surface area contributed by atoms with Crippen LogP contribution in [0.5, 0.6) is 0 Å². The van der Waals surface area contributed by atoms with Gasteiger partial charge in [-0.15, -0.1) is 0 Å². The number of nitrogens with two attached hydrogens (primary N) is 1. The van der Waals surface area contributed by atoms with Crippen LogP contribution in [0, 0.1) is 0 Å². The van der Waals surface area contributed by atoms with Crippen LogP contribution in [0.1, 0.15) is 38.5 Å². The molecule has 5 heteroatoms. The third-order valence-electron chi connectivity index (χ3n) is 3.50. The molecule has 0 aliphatic heterocycles. The second-order valence-corrected chi connectivity index (χ2v) is 4.89. The molecule has 0 atom stereocenters. The van der Waals surface area contributed by atoms with Crippen LogP contribution in [0.4, 0.5) is 0 Å². The normalized spacial score (nSPS) is 18.8. The lowest BCUT2D eigenvalue weighted by Gasteiger charge is -2.31. The molecule has 0 radical (unpaired) electrons. The predicted octanol–water partition coefficient (Wildman–Crippen LogP) is 0.977. The van der Waals surface area contributed by atoms with E-state index in [-0.39, 0.29) is 5.84 Å². The quantitative estimate of drug-likeness (QED) is 0.204. The standard InChI is InChI=1S/C12H26N4O/c1-16(11-6-3-2-4-7-11)9-5-8-14-10-12(13)15-17/h11,14,17H,2-10H2,1H3,(H2,13,15). The minimum Gasteiger partial charge on any atom is -0.409 e. The number of nitrogens with zero attached hydrogens (tertiary/aromatic N) is 2. The molecule has 4 N–H and O–H groups in total. The molecular weight excluding hydrogens is 216 g/mol. The molecule has 0 spiro atoms. The maximum Gasteiger partial charge on any atom is 0.153 e. The highest BCUT2D eigenvalue weighted by Crippen LogP contribution is 2.21. The fourth-order valence-corrected chi connectivity index (χ4v) is 2.41. The van der Waals surface area contributed by atoms with Gasteiger partial charge in [-0.05, 0) is 39.4 Å². The van der Waals surface area contributed by atoms with Crippen LogP contribution in [0.3, 0.4) is 0 Å². The average molecular weight is 242 g/mol. The summed E-state index contributed by atoms with van der Waals surface area (Å²) in [5.41, 5.74) is 5.36. The van der Waals surface area contributed by atoms with Gasteiger partial charge in [0.2, 0.25) is 0 Å². The highest BCUT2D eigenvalue weighted by molar-refractivity contribution is 5.81. The van der Waals surface area contributed by atoms with Gasteiger partial charge >= 0.3 is 0 Å². The summed E-state index contributed by atoms with van der Waals surface area (Å²) in [6.45, 7) is 2.49. The number of hydrogen-bond donors (Lipinski definition) is 3. The van der Waals surface area contributed by atoms with Gasteiger partial charge in [0.1, 0.15) is 0 Å². The van der Waals surface area contributed by atoms with E-state index in [0.717, 1.165) is 25.6 Å². The van der Waals surface area contributed by atoms with Crippen molar-refractivity contribution in [3.63, 3.8) is 0 Å². The van der Waals surface area contributed by atoms with Crippen LogP contribution in [-0.2, 0) is 0 Å². The second-order valence-electron chi connectivity index (χ2n) is 4.89. The van der Waals surface area contributed by atoms with Gasteiger partial charge in [-0.1, -0.05) is 24.4 Å². The Morgan fingerprint density at radius 2 is 2.12 bits per heavy atom. The highest BCUT2D eigenvalue weighted by Gasteiger charge is 2.16. The lowest BCUT2D eigenvalue weighted by Crippen LogP contribution is -2.36. The molecule has 0 heterocycles. The summed E-state index contributed by atoms with van der Waals surface area (Å²) in [5.74, 6) is 0.241. The molecule has 1 rings (SSSR count). The zero-order valence-electron chi connectivity index (χ0n) is 10.9. The van der Waals surface area contributed by atoms with E-state index in [1.807, 2.05) is 0 Å². The molecule has 0 saturated heterocycles. The van der Waals surface area contributed by atoms with E-state index in [1.165, 1.54) is 32.1 Å². The maximum atomic E-state index is 8.36. The first kappa shape index (κ1) is 14.3. The van der Waals surface area contributed by atoms with Crippen LogP contribution < -0.4 is 11.1 Å². The van der Waals surface area contributed by atoms with E-state index in [4.69, 9.17) is 10.9 Å². The van der Waals surface area contributed by atoms with Crippen molar-refractivity contribution in [3.8, 4) is 0 Å². The van der Waals surface area contributed by atoms with Crippen molar-refractivity contribution in [1.29, 1.82) is 0 Å². The smallest absolute Gasteiger partial charge is 0.153 e. The number of amidine groups is 1. The highest BCUT2D eigenvalue weighted by atomic mass is 16.4. The molecule has 1 saturated carbocycles. The van der Waals surface area contributed by atoms with E-state index in [0.29, 0.717) is 6.54 Å². The first-order valence-electron chi connectivity index (χ1n) is 6.61. The second kappa shape index (κ2) is 8.31. The fraction of sp³-hybridized carbons (Fsp3) is 0.917. The number of oxime groups is 1. The Balaban J connectivity index is 2.01. The first-order chi connectivity index (χ1) is 8.24. The van der Waals surface area contributed by atoms with Crippen LogP contribution in [-0.4, -0.2) is 48.7 Å². The van der Waals surface area contributed by atoms with E-state index < -0.39 is 0 Å². The molecule has 0 aromatic rings. The third kappa shape index (κ3) is 5.89. The molecule has 0 aromatic heterocycles. The summed E-state index contributed by atoms with van der Waals surface area (Å²) in [6.07, 6.45) is 7.99. The van der Waals surface area contributed by atoms with Gasteiger partial charge in [0.15, 0.2) is 5.84 Å². The van der Waals surface area contributed by atoms with Crippen LogP contribution in [0.25, 0.3) is 0 Å². The van der Waals surface area contributed by atoms with Gasteiger partial charge in [-0.2, -0.15) is 0 Å². The van der Waals surface area contributed by atoms with Crippen molar-refractivity contribution >= 4 is 5.84 Å². The topological polar surface area (TPSA) is 73.9 Å². The average Bonchev–Trinajstić information content (AvgIpc) is 2.38. The monoisotopic (exact) mass is 242 g/mol. The Bertz CT molecular complexity index is 227. The summed E-state index contributed by atoms with van der Waals surface area (Å²) in [6, 6.07) is 0.785. The molecule has 5 nitrogen and oxygen atoms in total. The van der Waals surface area contributed by atoms with Gasteiger partial charge in [0, 0.05) is 6.04 Å². The summed E-state index contributed by atoms with van der Waals surface area (Å²) in [4.78, 5) is 2.48. The van der Waals surface area contributed by atoms with Crippen LogP contribution in [0.15, 0.2) is 5.16 Å². The zero-order valence-corrected chi connectivity index (χ0v) is 10.9. The summed E-state index contributed by atoms with van der Waals surface area (Å²) in [5, 5.41) is 14.4. The lowest BCUT2D eigenvalue weighted by atomic mass is 9.94. The molecule has 100 valence electrons. The first-order valence-corrected chi connectivity index (χ1v) is 6.61. The SMILES string of the molecule is CN(CCCNCC(N)=NO)C1CCCCC1. The van der Waals surface area contributed by atoms with Gasteiger partial charge in [0.25, 0.3) is 0 Å². The van der Waals surface area contributed by atoms with Crippen LogP contribution in [0.2, 0.25) is 0 Å². The van der Waals surface area contributed by atoms with E-state index >= 15 is 0 Å². The number of nitrogens with one attached hydrogen (secondary N) is 1. The molecule has 1 aliphatic carbocycles. The van der Waals surface area contributed by atoms with E-state index in [1.54, 1.807) is 0 Å². The van der Waals surface area contributed by atoms with Gasteiger partial charge in [-0.25, -0.2) is 0 Å². The van der Waals surface area contributed by atoms with Crippen LogP contribution >= 0.6 is 0 Å². The molecule has 0 aromatic carbocycles. The lowest BCUT2D eigenvalue weighted by molar-refractivity contribution is 0.190. The third-order valence-corrected chi connectivity index (χ3v) is 3.50. The van der Waals surface area contributed by atoms with Crippen molar-refractivity contribution < 1.29 is 5.21 Å². The largest absolute Gasteiger partial charge is 0.409 e. The number of rotatable bonds is 7. The molecular formula is C12H26N4O. The minimum atomic E-state index is 0.241. The molecule has 17 heavy (non-hydrogen) atoms. The summed E-state index contributed by atoms with van der Waals surface area (Å²) < 4.78 is 0. The summed E-state index contributed by atoms with van der Waals surface area (Å²) >= 11 is 0. The van der Waals surface area contributed by atoms with Crippen molar-refractivity contribution in [2.45, 2.75) is 44.6 Å². The molecule has 0 amide bonds. The van der Waals surface area contributed by atoms with Gasteiger partial charge in [-0.3, -0.25) is 0 Å². The van der Waals surface area contributed by atoms with E-state index in [9.17, 15) is 0 Å². The molecule has 1 fully saturated rings. The summed E-state index contributed by atoms with van der Waals surface area (Å²) in [7, 11) is 2.22. The fourth-order valence-electron chi connectivity index (χ4n) is 2.41. The van der Waals surface area contributed by atoms with E-state index in [2.05, 4.69) is 22.4 Å². The molecule has 0 unspecified atom stereocenters. The van der Waals surface area contributed by atoms with Gasteiger partial charge in [0.05, 0.1) is 6.54 Å². The zero-order chi connectivity index (χ0) is 12.5. The Kier molecular flexibility index (Phi) is 6.96. The minimum absolute atomic E-state index is 0.241. The molecule has 0 bridgehead atoms. The van der Waals surface area contributed by atoms with Crippen molar-refractivity contribution in [2.75, 3.05) is 26.7 Å². The van der Waals surface area contributed by atoms with Crippen molar-refractivity contribution in [2.24, 2.45) is 10.9 Å². The van der Waals surface area contributed by atoms with Crippen molar-refractivity contribution in [1.82, 2.24) is 10.2 Å².